The van der Waals surface area contributed by atoms with Crippen LogP contribution < -0.4 is 15.9 Å². The zero-order valence-electron chi connectivity index (χ0n) is 13.8. The normalized spacial score (nSPS) is 12.5. The molecule has 2 heteroatoms. The Balaban J connectivity index is 0.000000258. The molecule has 0 N–H and O–H groups in total. The Morgan fingerprint density at radius 2 is 1.00 bits per heavy atom. The van der Waals surface area contributed by atoms with Gasteiger partial charge >= 0.3 is 49.5 Å². The van der Waals surface area contributed by atoms with E-state index in [9.17, 15) is 0 Å². The summed E-state index contributed by atoms with van der Waals surface area (Å²) in [7, 11) is -0.446. The topological polar surface area (TPSA) is 0 Å². The summed E-state index contributed by atoms with van der Waals surface area (Å²) < 4.78 is 1.28. The molecule has 25 heavy (non-hydrogen) atoms. The molecule has 0 heterocycles. The van der Waals surface area contributed by atoms with E-state index in [1.165, 1.54) is 19.7 Å². The summed E-state index contributed by atoms with van der Waals surface area (Å²) in [5, 5.41) is 4.19. The van der Waals surface area contributed by atoms with E-state index in [4.69, 9.17) is 0 Å². The molecule has 0 radical (unpaired) electrons. The summed E-state index contributed by atoms with van der Waals surface area (Å²) in [6.07, 6.45) is 7.30. The van der Waals surface area contributed by atoms with Crippen LogP contribution in [0.1, 0.15) is 6.42 Å². The number of hydrogen-bond donors (Lipinski definition) is 0. The average molecular weight is 435 g/mol. The molecule has 0 atom stereocenters. The van der Waals surface area contributed by atoms with E-state index in [1.54, 1.807) is 0 Å². The Bertz CT molecular complexity index is 730. The molecular weight excluding hydrogens is 415 g/mol. The van der Waals surface area contributed by atoms with Crippen molar-refractivity contribution in [3.05, 3.63) is 113 Å². The van der Waals surface area contributed by atoms with E-state index < -0.39 is 7.92 Å². The number of rotatable bonds is 3. The molecule has 0 nitrogen and oxygen atoms in total. The molecule has 3 aromatic carbocycles. The molecule has 0 spiro atoms. The second kappa shape index (κ2) is 9.71. The molecule has 0 saturated heterocycles. The van der Waals surface area contributed by atoms with Crippen molar-refractivity contribution in [1.29, 1.82) is 0 Å². The smallest absolute Gasteiger partial charge is 0.0134 e. The van der Waals surface area contributed by atoms with Crippen molar-refractivity contribution in [2.45, 2.75) is 6.42 Å². The van der Waals surface area contributed by atoms with Crippen LogP contribution >= 0.6 is 7.92 Å². The van der Waals surface area contributed by atoms with Crippen LogP contribution in [-0.4, -0.2) is 0 Å². The summed E-state index contributed by atoms with van der Waals surface area (Å²) in [5.41, 5.74) is 0. The van der Waals surface area contributed by atoms with Gasteiger partial charge in [0, 0.05) is 0 Å². The Hall–Kier alpha value is -1.69. The van der Waals surface area contributed by atoms with Crippen LogP contribution in [0.4, 0.5) is 0 Å². The van der Waals surface area contributed by atoms with Gasteiger partial charge in [-0.15, -0.1) is 0 Å². The van der Waals surface area contributed by atoms with Crippen molar-refractivity contribution < 1.29 is 21.1 Å². The van der Waals surface area contributed by atoms with Crippen molar-refractivity contribution >= 4 is 23.8 Å². The summed E-state index contributed by atoms with van der Waals surface area (Å²) in [6, 6.07) is 32.3. The molecule has 1 aliphatic rings. The second-order valence-corrected chi connectivity index (χ2v) is 8.71. The Kier molecular flexibility index (Phi) is 7.03. The SMILES string of the molecule is [Ag][C]1=CC=CC1.c1ccc(P(c2ccccc2)c2ccccc2)cc1. The first kappa shape index (κ1) is 18.1. The number of hydrogen-bond acceptors (Lipinski definition) is 0. The minimum atomic E-state index is -0.446. The third kappa shape index (κ3) is 5.39. The maximum atomic E-state index is 3.35. The van der Waals surface area contributed by atoms with Crippen molar-refractivity contribution in [2.75, 3.05) is 0 Å². The van der Waals surface area contributed by atoms with Gasteiger partial charge in [-0.2, -0.15) is 0 Å². The first-order chi connectivity index (χ1) is 12.3. The quantitative estimate of drug-likeness (QED) is 0.409. The minimum Gasteiger partial charge on any atom is -0.0622 e. The first-order valence-corrected chi connectivity index (χ1v) is 10.4. The van der Waals surface area contributed by atoms with Gasteiger partial charge in [0.2, 0.25) is 0 Å². The zero-order chi connectivity index (χ0) is 17.3. The molecule has 0 fully saturated rings. The van der Waals surface area contributed by atoms with Crippen LogP contribution in [0, 0.1) is 0 Å². The summed E-state index contributed by atoms with van der Waals surface area (Å²) in [5.74, 6) is 0. The van der Waals surface area contributed by atoms with Gasteiger partial charge in [0.25, 0.3) is 0 Å². The summed E-state index contributed by atoms with van der Waals surface area (Å²) >= 11 is 3.35. The van der Waals surface area contributed by atoms with Crippen molar-refractivity contribution in [2.24, 2.45) is 0 Å². The van der Waals surface area contributed by atoms with E-state index in [0.717, 1.165) is 6.42 Å². The molecule has 4 rings (SSSR count). The van der Waals surface area contributed by atoms with E-state index in [1.807, 2.05) is 6.08 Å². The molecule has 0 bridgehead atoms. The fraction of sp³-hybridized carbons (Fsp3) is 0.0435. The Labute approximate surface area is 164 Å². The first-order valence-electron chi connectivity index (χ1n) is 8.27. The van der Waals surface area contributed by atoms with Crippen molar-refractivity contribution in [3.8, 4) is 0 Å². The van der Waals surface area contributed by atoms with Crippen LogP contribution in [0.5, 0.6) is 0 Å². The predicted molar refractivity (Wildman–Crippen MR) is 107 cm³/mol. The third-order valence-electron chi connectivity index (χ3n) is 3.74. The molecule has 3 aromatic rings. The van der Waals surface area contributed by atoms with E-state index in [2.05, 4.69) is 124 Å². The van der Waals surface area contributed by atoms with Crippen LogP contribution in [0.15, 0.2) is 113 Å². The fourth-order valence-electron chi connectivity index (χ4n) is 2.58. The molecular formula is C23H20AgP. The number of allylic oxidation sites excluding steroid dienone is 4. The Morgan fingerprint density at radius 1 is 0.600 bits per heavy atom. The van der Waals surface area contributed by atoms with Gasteiger partial charge in [0.1, 0.15) is 0 Å². The molecule has 0 aromatic heterocycles. The molecule has 1 aliphatic carbocycles. The Morgan fingerprint density at radius 3 is 1.24 bits per heavy atom. The second-order valence-electron chi connectivity index (χ2n) is 5.54. The molecule has 128 valence electrons. The monoisotopic (exact) mass is 434 g/mol. The van der Waals surface area contributed by atoms with E-state index >= 15 is 0 Å². The van der Waals surface area contributed by atoms with E-state index in [-0.39, 0.29) is 0 Å². The summed E-state index contributed by atoms with van der Waals surface area (Å²) in [6.45, 7) is 0. The molecule has 0 saturated carbocycles. The largest absolute Gasteiger partial charge is 0.0622 e. The predicted octanol–water partition coefficient (Wildman–Crippen LogP) is 4.82. The van der Waals surface area contributed by atoms with Crippen molar-refractivity contribution in [1.82, 2.24) is 0 Å². The van der Waals surface area contributed by atoms with Crippen LogP contribution in [0.25, 0.3) is 0 Å². The zero-order valence-corrected chi connectivity index (χ0v) is 16.2. The van der Waals surface area contributed by atoms with Crippen LogP contribution in [0.3, 0.4) is 0 Å². The van der Waals surface area contributed by atoms with Crippen LogP contribution in [-0.2, 0) is 21.1 Å². The summed E-state index contributed by atoms with van der Waals surface area (Å²) in [4.78, 5) is 0. The number of benzene rings is 3. The minimum absolute atomic E-state index is 0.446. The van der Waals surface area contributed by atoms with Gasteiger partial charge in [-0.3, -0.25) is 0 Å². The average Bonchev–Trinajstić information content (AvgIpc) is 3.16. The van der Waals surface area contributed by atoms with Crippen molar-refractivity contribution in [3.63, 3.8) is 0 Å². The van der Waals surface area contributed by atoms with Crippen LogP contribution in [0.2, 0.25) is 0 Å². The van der Waals surface area contributed by atoms with Gasteiger partial charge in [-0.05, 0) is 23.8 Å². The molecule has 0 amide bonds. The van der Waals surface area contributed by atoms with Gasteiger partial charge in [0.15, 0.2) is 0 Å². The third-order valence-corrected chi connectivity index (χ3v) is 6.73. The maximum absolute atomic E-state index is 3.35. The van der Waals surface area contributed by atoms with Gasteiger partial charge < -0.3 is 0 Å². The maximum Gasteiger partial charge on any atom is -0.0134 e. The molecule has 0 unspecified atom stereocenters. The van der Waals surface area contributed by atoms with E-state index in [0.29, 0.717) is 0 Å². The van der Waals surface area contributed by atoms with Gasteiger partial charge in [-0.25, -0.2) is 0 Å². The molecule has 0 aliphatic heterocycles. The van der Waals surface area contributed by atoms with Gasteiger partial charge in [-0.1, -0.05) is 91.0 Å². The standard InChI is InChI=1S/C18H15P.C5H5.Ag/c1-4-10-16(11-5-1)19(17-12-6-2-7-13-17)18-14-8-3-9-15-18;1-2-4-5-3-1;/h1-15H;1-3H,4H2;. The van der Waals surface area contributed by atoms with Gasteiger partial charge in [0.05, 0.1) is 0 Å². The fourth-order valence-corrected chi connectivity index (χ4v) is 5.21.